The molecule has 0 aliphatic rings. The van der Waals surface area contributed by atoms with E-state index >= 15 is 0 Å². The van der Waals surface area contributed by atoms with Crippen LogP contribution in [-0.2, 0) is 6.54 Å². The highest BCUT2D eigenvalue weighted by Gasteiger charge is 2.05. The van der Waals surface area contributed by atoms with E-state index < -0.39 is 0 Å². The second-order valence-electron chi connectivity index (χ2n) is 3.84. The van der Waals surface area contributed by atoms with Crippen LogP contribution in [0.25, 0.3) is 0 Å². The average molecular weight is 247 g/mol. The molecule has 18 heavy (non-hydrogen) atoms. The highest BCUT2D eigenvalue weighted by atomic mass is 16.5. The molecule has 0 aliphatic heterocycles. The lowest BCUT2D eigenvalue weighted by Crippen LogP contribution is -2.03. The molecule has 96 valence electrons. The van der Waals surface area contributed by atoms with Crippen molar-refractivity contribution in [3.63, 3.8) is 0 Å². The predicted octanol–water partition coefficient (Wildman–Crippen LogP) is 2.23. The minimum atomic E-state index is 0.522. The van der Waals surface area contributed by atoms with Gasteiger partial charge in [0.05, 0.1) is 12.4 Å². The van der Waals surface area contributed by atoms with E-state index in [2.05, 4.69) is 20.4 Å². The number of ether oxygens (including phenoxy) is 1. The van der Waals surface area contributed by atoms with Crippen molar-refractivity contribution in [2.24, 2.45) is 0 Å². The molecule has 0 aromatic carbocycles. The summed E-state index contributed by atoms with van der Waals surface area (Å²) in [5.74, 6) is 1.78. The zero-order chi connectivity index (χ0) is 13.0. The Labute approximate surface area is 106 Å². The van der Waals surface area contributed by atoms with E-state index in [-0.39, 0.29) is 0 Å². The van der Waals surface area contributed by atoms with Gasteiger partial charge in [0.15, 0.2) is 5.75 Å². The molecule has 0 saturated carbocycles. The second-order valence-corrected chi connectivity index (χ2v) is 3.84. The van der Waals surface area contributed by atoms with E-state index in [1.165, 1.54) is 0 Å². The molecule has 0 fully saturated rings. The Balaban J connectivity index is 2.17. The van der Waals surface area contributed by atoms with Crippen LogP contribution in [0.3, 0.4) is 0 Å². The summed E-state index contributed by atoms with van der Waals surface area (Å²) in [5, 5.41) is 7.21. The van der Waals surface area contributed by atoms with Crippen LogP contribution in [0.2, 0.25) is 0 Å². The molecule has 0 spiro atoms. The monoisotopic (exact) mass is 247 g/mol. The van der Waals surface area contributed by atoms with Gasteiger partial charge in [0.25, 0.3) is 0 Å². The van der Waals surface area contributed by atoms with Crippen molar-refractivity contribution in [2.45, 2.75) is 27.3 Å². The van der Waals surface area contributed by atoms with Crippen molar-refractivity contribution >= 4 is 5.95 Å². The van der Waals surface area contributed by atoms with Gasteiger partial charge in [0.1, 0.15) is 0 Å². The van der Waals surface area contributed by atoms with Crippen LogP contribution in [0, 0.1) is 6.92 Å². The Morgan fingerprint density at radius 2 is 2.17 bits per heavy atom. The van der Waals surface area contributed by atoms with E-state index in [1.807, 2.05) is 27.0 Å². The molecule has 0 radical (unpaired) electrons. The Hall–Kier alpha value is -2.11. The topological polar surface area (TPSA) is 64.9 Å². The maximum absolute atomic E-state index is 5.65. The van der Waals surface area contributed by atoms with E-state index in [1.54, 1.807) is 16.9 Å². The van der Waals surface area contributed by atoms with E-state index in [0.29, 0.717) is 17.6 Å². The summed E-state index contributed by atoms with van der Waals surface area (Å²) in [6.07, 6.45) is 3.51. The maximum atomic E-state index is 5.65. The van der Waals surface area contributed by atoms with E-state index in [9.17, 15) is 0 Å². The normalized spacial score (nSPS) is 10.4. The Bertz CT molecular complexity index is 523. The number of aryl methyl sites for hydroxylation is 2. The van der Waals surface area contributed by atoms with Crippen molar-refractivity contribution < 1.29 is 4.74 Å². The number of hydrogen-bond donors (Lipinski definition) is 1. The number of hydrogen-bond acceptors (Lipinski definition) is 5. The third kappa shape index (κ3) is 2.97. The molecule has 6 nitrogen and oxygen atoms in total. The van der Waals surface area contributed by atoms with Crippen molar-refractivity contribution in [2.75, 3.05) is 11.9 Å². The molecule has 0 amide bonds. The fourth-order valence-electron chi connectivity index (χ4n) is 1.52. The first-order chi connectivity index (χ1) is 8.71. The SMILES string of the molecule is CCNc1nc(C)cc(Oc2cnn(CC)c2)n1. The second kappa shape index (κ2) is 5.48. The van der Waals surface area contributed by atoms with Crippen LogP contribution in [-0.4, -0.2) is 26.3 Å². The molecule has 2 rings (SSSR count). The minimum absolute atomic E-state index is 0.522. The predicted molar refractivity (Wildman–Crippen MR) is 68.9 cm³/mol. The summed E-state index contributed by atoms with van der Waals surface area (Å²) in [6.45, 7) is 7.52. The van der Waals surface area contributed by atoms with Gasteiger partial charge in [-0.3, -0.25) is 4.68 Å². The number of anilines is 1. The first kappa shape index (κ1) is 12.3. The largest absolute Gasteiger partial charge is 0.436 e. The molecule has 2 heterocycles. The van der Waals surface area contributed by atoms with Gasteiger partial charge in [0, 0.05) is 24.8 Å². The number of rotatable bonds is 5. The zero-order valence-corrected chi connectivity index (χ0v) is 10.8. The number of nitrogens with one attached hydrogen (secondary N) is 1. The minimum Gasteiger partial charge on any atom is -0.436 e. The van der Waals surface area contributed by atoms with Gasteiger partial charge in [-0.15, -0.1) is 0 Å². The summed E-state index contributed by atoms with van der Waals surface area (Å²) in [4.78, 5) is 8.54. The van der Waals surface area contributed by atoms with Crippen LogP contribution >= 0.6 is 0 Å². The molecule has 0 atom stereocenters. The lowest BCUT2D eigenvalue weighted by Gasteiger charge is -2.06. The van der Waals surface area contributed by atoms with Crippen LogP contribution in [0.5, 0.6) is 11.6 Å². The quantitative estimate of drug-likeness (QED) is 0.877. The van der Waals surface area contributed by atoms with Gasteiger partial charge in [-0.05, 0) is 20.8 Å². The summed E-state index contributed by atoms with van der Waals surface area (Å²) < 4.78 is 7.45. The Morgan fingerprint density at radius 3 is 2.83 bits per heavy atom. The summed E-state index contributed by atoms with van der Waals surface area (Å²) in [7, 11) is 0. The Kier molecular flexibility index (Phi) is 3.76. The van der Waals surface area contributed by atoms with Crippen LogP contribution < -0.4 is 10.1 Å². The third-order valence-corrected chi connectivity index (χ3v) is 2.32. The number of aromatic nitrogens is 4. The summed E-state index contributed by atoms with van der Waals surface area (Å²) in [6, 6.07) is 1.80. The van der Waals surface area contributed by atoms with Crippen LogP contribution in [0.15, 0.2) is 18.5 Å². The smallest absolute Gasteiger partial charge is 0.226 e. The average Bonchev–Trinajstić information content (AvgIpc) is 2.76. The summed E-state index contributed by atoms with van der Waals surface area (Å²) >= 11 is 0. The van der Waals surface area contributed by atoms with Gasteiger partial charge in [0.2, 0.25) is 11.8 Å². The molecule has 6 heteroatoms. The molecular formula is C12H17N5O. The molecule has 0 aliphatic carbocycles. The first-order valence-electron chi connectivity index (χ1n) is 6.01. The third-order valence-electron chi connectivity index (χ3n) is 2.32. The van der Waals surface area contributed by atoms with Gasteiger partial charge in [-0.2, -0.15) is 10.1 Å². The van der Waals surface area contributed by atoms with Gasteiger partial charge < -0.3 is 10.1 Å². The standard InChI is InChI=1S/C12H17N5O/c1-4-13-12-15-9(3)6-11(16-12)18-10-7-14-17(5-2)8-10/h6-8H,4-5H2,1-3H3,(H,13,15,16). The lowest BCUT2D eigenvalue weighted by molar-refractivity contribution is 0.460. The van der Waals surface area contributed by atoms with Crippen molar-refractivity contribution in [3.05, 3.63) is 24.2 Å². The molecule has 2 aromatic heterocycles. The molecule has 2 aromatic rings. The molecule has 1 N–H and O–H groups in total. The summed E-state index contributed by atoms with van der Waals surface area (Å²) in [5.41, 5.74) is 0.860. The van der Waals surface area contributed by atoms with Gasteiger partial charge in [-0.1, -0.05) is 0 Å². The first-order valence-corrected chi connectivity index (χ1v) is 6.01. The Morgan fingerprint density at radius 1 is 1.33 bits per heavy atom. The van der Waals surface area contributed by atoms with Crippen LogP contribution in [0.1, 0.15) is 19.5 Å². The molecule has 0 unspecified atom stereocenters. The maximum Gasteiger partial charge on any atom is 0.226 e. The molecule has 0 saturated heterocycles. The van der Waals surface area contributed by atoms with Crippen molar-refractivity contribution in [1.29, 1.82) is 0 Å². The van der Waals surface area contributed by atoms with E-state index in [0.717, 1.165) is 18.8 Å². The fraction of sp³-hybridized carbons (Fsp3) is 0.417. The molecular weight excluding hydrogens is 230 g/mol. The highest BCUT2D eigenvalue weighted by Crippen LogP contribution is 2.20. The molecule has 0 bridgehead atoms. The lowest BCUT2D eigenvalue weighted by atomic mass is 10.4. The number of nitrogens with zero attached hydrogens (tertiary/aromatic N) is 4. The fourth-order valence-corrected chi connectivity index (χ4v) is 1.52. The highest BCUT2D eigenvalue weighted by molar-refractivity contribution is 5.32. The van der Waals surface area contributed by atoms with Crippen molar-refractivity contribution in [3.8, 4) is 11.6 Å². The van der Waals surface area contributed by atoms with Crippen molar-refractivity contribution in [1.82, 2.24) is 19.7 Å². The van der Waals surface area contributed by atoms with Gasteiger partial charge in [-0.25, -0.2) is 4.98 Å². The van der Waals surface area contributed by atoms with Crippen LogP contribution in [0.4, 0.5) is 5.95 Å². The van der Waals surface area contributed by atoms with E-state index in [4.69, 9.17) is 4.74 Å². The zero-order valence-electron chi connectivity index (χ0n) is 10.8. The van der Waals surface area contributed by atoms with Gasteiger partial charge >= 0.3 is 0 Å².